The molecule has 0 saturated heterocycles. The smallest absolute Gasteiger partial charge is 0.317 e. The summed E-state index contributed by atoms with van der Waals surface area (Å²) in [5.74, 6) is 0.479. The minimum Gasteiger partial charge on any atom is -0.333 e. The first-order valence-electron chi connectivity index (χ1n) is 6.26. The van der Waals surface area contributed by atoms with Gasteiger partial charge in [-0.2, -0.15) is 0 Å². The number of fused-ring (bicyclic) bond motifs is 1. The molecule has 0 fully saturated rings. The summed E-state index contributed by atoms with van der Waals surface area (Å²) in [4.78, 5) is 32.3. The predicted octanol–water partition coefficient (Wildman–Crippen LogP) is 1.92. The van der Waals surface area contributed by atoms with Crippen LogP contribution in [0.3, 0.4) is 0 Å². The first kappa shape index (κ1) is 14.5. The topological polar surface area (TPSA) is 78.1 Å². The van der Waals surface area contributed by atoms with Crippen LogP contribution in [0.15, 0.2) is 16.2 Å². The van der Waals surface area contributed by atoms with E-state index in [1.165, 1.54) is 16.2 Å². The van der Waals surface area contributed by atoms with Crippen molar-refractivity contribution in [1.82, 2.24) is 20.2 Å². The van der Waals surface area contributed by atoms with Crippen LogP contribution in [0.5, 0.6) is 0 Å². The molecule has 0 bridgehead atoms. The minimum atomic E-state index is -0.302. The Labute approximate surface area is 120 Å². The van der Waals surface area contributed by atoms with Gasteiger partial charge >= 0.3 is 6.03 Å². The summed E-state index contributed by atoms with van der Waals surface area (Å²) < 4.78 is 0.607. The molecule has 20 heavy (non-hydrogen) atoms. The normalized spacial score (nSPS) is 11.6. The first-order chi connectivity index (χ1) is 9.26. The molecule has 2 aromatic rings. The van der Waals surface area contributed by atoms with Crippen LogP contribution in [0.1, 0.15) is 26.6 Å². The number of nitrogens with one attached hydrogen (secondary N) is 2. The Kier molecular flexibility index (Phi) is 3.80. The molecule has 0 saturated carbocycles. The van der Waals surface area contributed by atoms with E-state index < -0.39 is 0 Å². The zero-order valence-electron chi connectivity index (χ0n) is 12.0. The number of carbonyl (C=O) groups excluding carboxylic acids is 1. The lowest BCUT2D eigenvalue weighted by atomic mass is 10.1. The van der Waals surface area contributed by atoms with Crippen LogP contribution in [0.2, 0.25) is 0 Å². The lowest BCUT2D eigenvalue weighted by Crippen LogP contribution is -2.47. The Bertz CT molecular complexity index is 683. The van der Waals surface area contributed by atoms with Gasteiger partial charge in [-0.3, -0.25) is 4.79 Å². The van der Waals surface area contributed by atoms with Gasteiger partial charge in [-0.15, -0.1) is 11.3 Å². The highest BCUT2D eigenvalue weighted by molar-refractivity contribution is 7.17. The quantitative estimate of drug-likeness (QED) is 0.888. The molecule has 108 valence electrons. The van der Waals surface area contributed by atoms with Crippen LogP contribution in [0, 0.1) is 0 Å². The van der Waals surface area contributed by atoms with E-state index in [0.717, 1.165) is 0 Å². The van der Waals surface area contributed by atoms with Crippen LogP contribution in [0.4, 0.5) is 4.79 Å². The molecular formula is C13H18N4O2S. The molecule has 2 rings (SSSR count). The fourth-order valence-corrected chi connectivity index (χ4v) is 2.43. The van der Waals surface area contributed by atoms with Crippen LogP contribution >= 0.6 is 11.3 Å². The standard InChI is InChI=1S/C13H18N4O2S/c1-13(2,3)16-12(19)17(4)7-9-14-8-5-6-20-10(8)11(18)15-9/h5-6H,7H2,1-4H3,(H,16,19)(H,14,15,18). The number of hydrogen-bond donors (Lipinski definition) is 2. The molecule has 2 amide bonds. The molecule has 2 N–H and O–H groups in total. The Balaban J connectivity index is 2.15. The molecule has 2 aromatic heterocycles. The average Bonchev–Trinajstić information content (AvgIpc) is 2.75. The second kappa shape index (κ2) is 5.24. The number of hydrogen-bond acceptors (Lipinski definition) is 4. The Morgan fingerprint density at radius 1 is 1.50 bits per heavy atom. The van der Waals surface area contributed by atoms with Gasteiger partial charge in [0.1, 0.15) is 10.5 Å². The van der Waals surface area contributed by atoms with E-state index in [0.29, 0.717) is 16.0 Å². The van der Waals surface area contributed by atoms with Crippen LogP contribution in [0.25, 0.3) is 10.2 Å². The average molecular weight is 294 g/mol. The summed E-state index contributed by atoms with van der Waals surface area (Å²) >= 11 is 1.36. The summed E-state index contributed by atoms with van der Waals surface area (Å²) in [5, 5.41) is 4.68. The molecule has 0 spiro atoms. The minimum absolute atomic E-state index is 0.162. The van der Waals surface area contributed by atoms with E-state index in [1.54, 1.807) is 13.1 Å². The van der Waals surface area contributed by atoms with E-state index in [-0.39, 0.29) is 23.7 Å². The van der Waals surface area contributed by atoms with Crippen molar-refractivity contribution in [1.29, 1.82) is 0 Å². The summed E-state index contributed by atoms with van der Waals surface area (Å²) in [6, 6.07) is 1.60. The van der Waals surface area contributed by atoms with Crippen molar-refractivity contribution >= 4 is 27.6 Å². The van der Waals surface area contributed by atoms with Gasteiger partial charge < -0.3 is 15.2 Å². The summed E-state index contributed by atoms with van der Waals surface area (Å²) in [7, 11) is 1.67. The van der Waals surface area contributed by atoms with Crippen LogP contribution in [-0.2, 0) is 6.54 Å². The van der Waals surface area contributed by atoms with E-state index >= 15 is 0 Å². The second-order valence-corrected chi connectivity index (χ2v) is 6.60. The fraction of sp³-hybridized carbons (Fsp3) is 0.462. The maximum atomic E-state index is 12.0. The van der Waals surface area contributed by atoms with Crippen molar-refractivity contribution < 1.29 is 4.79 Å². The van der Waals surface area contributed by atoms with E-state index in [1.807, 2.05) is 26.2 Å². The zero-order chi connectivity index (χ0) is 14.9. The van der Waals surface area contributed by atoms with Crippen molar-refractivity contribution in [2.45, 2.75) is 32.9 Å². The molecule has 7 heteroatoms. The van der Waals surface area contributed by atoms with E-state index in [9.17, 15) is 9.59 Å². The lowest BCUT2D eigenvalue weighted by Gasteiger charge is -2.25. The predicted molar refractivity (Wildman–Crippen MR) is 80.0 cm³/mol. The largest absolute Gasteiger partial charge is 0.333 e. The van der Waals surface area contributed by atoms with E-state index in [2.05, 4.69) is 15.3 Å². The number of aromatic amines is 1. The number of aromatic nitrogens is 2. The first-order valence-corrected chi connectivity index (χ1v) is 7.14. The van der Waals surface area contributed by atoms with Gasteiger partial charge in [0.15, 0.2) is 0 Å². The molecule has 0 aliphatic carbocycles. The van der Waals surface area contributed by atoms with Gasteiger partial charge in [0.2, 0.25) is 0 Å². The maximum Gasteiger partial charge on any atom is 0.317 e. The number of thiophene rings is 1. The molecule has 0 aliphatic heterocycles. The summed E-state index contributed by atoms with van der Waals surface area (Å²) in [6.45, 7) is 5.99. The van der Waals surface area contributed by atoms with Gasteiger partial charge in [-0.25, -0.2) is 9.78 Å². The zero-order valence-corrected chi connectivity index (χ0v) is 12.8. The number of urea groups is 1. The van der Waals surface area contributed by atoms with Crippen molar-refractivity contribution in [3.05, 3.63) is 27.6 Å². The van der Waals surface area contributed by atoms with Gasteiger partial charge in [0.25, 0.3) is 5.56 Å². The maximum absolute atomic E-state index is 12.0. The van der Waals surface area contributed by atoms with Crippen molar-refractivity contribution in [2.24, 2.45) is 0 Å². The van der Waals surface area contributed by atoms with Crippen LogP contribution < -0.4 is 10.9 Å². The molecule has 0 unspecified atom stereocenters. The van der Waals surface area contributed by atoms with Crippen molar-refractivity contribution in [2.75, 3.05) is 7.05 Å². The summed E-state index contributed by atoms with van der Waals surface area (Å²) in [6.07, 6.45) is 0. The number of carbonyl (C=O) groups is 1. The monoisotopic (exact) mass is 294 g/mol. The summed E-state index contributed by atoms with van der Waals surface area (Å²) in [5.41, 5.74) is 0.201. The molecule has 0 aromatic carbocycles. The molecule has 0 aliphatic rings. The molecule has 0 radical (unpaired) electrons. The third-order valence-corrected chi connectivity index (χ3v) is 3.48. The second-order valence-electron chi connectivity index (χ2n) is 5.68. The SMILES string of the molecule is CN(Cc1nc2ccsc2c(=O)[nH]1)C(=O)NC(C)(C)C. The molecular weight excluding hydrogens is 276 g/mol. The van der Waals surface area contributed by atoms with E-state index in [4.69, 9.17) is 0 Å². The molecule has 0 atom stereocenters. The highest BCUT2D eigenvalue weighted by Crippen LogP contribution is 2.14. The molecule has 2 heterocycles. The molecule has 6 nitrogen and oxygen atoms in total. The fourth-order valence-electron chi connectivity index (χ4n) is 1.71. The van der Waals surface area contributed by atoms with Crippen molar-refractivity contribution in [3.63, 3.8) is 0 Å². The van der Waals surface area contributed by atoms with Gasteiger partial charge in [-0.1, -0.05) is 0 Å². The Morgan fingerprint density at radius 2 is 2.20 bits per heavy atom. The highest BCUT2D eigenvalue weighted by Gasteiger charge is 2.18. The van der Waals surface area contributed by atoms with Gasteiger partial charge in [0.05, 0.1) is 12.1 Å². The lowest BCUT2D eigenvalue weighted by molar-refractivity contribution is 0.196. The highest BCUT2D eigenvalue weighted by atomic mass is 32.1. The number of amides is 2. The van der Waals surface area contributed by atoms with Gasteiger partial charge in [-0.05, 0) is 32.2 Å². The number of H-pyrrole nitrogens is 1. The van der Waals surface area contributed by atoms with Crippen molar-refractivity contribution in [3.8, 4) is 0 Å². The number of rotatable bonds is 2. The number of nitrogens with zero attached hydrogens (tertiary/aromatic N) is 2. The third-order valence-electron chi connectivity index (χ3n) is 2.58. The Hall–Kier alpha value is -1.89. The van der Waals surface area contributed by atoms with Gasteiger partial charge in [0, 0.05) is 12.6 Å². The Morgan fingerprint density at radius 3 is 2.85 bits per heavy atom. The third kappa shape index (κ3) is 3.36. The van der Waals surface area contributed by atoms with Crippen LogP contribution in [-0.4, -0.2) is 33.5 Å².